The van der Waals surface area contributed by atoms with Crippen LogP contribution in [-0.2, 0) is 20.9 Å². The van der Waals surface area contributed by atoms with Crippen LogP contribution in [0.1, 0.15) is 25.3 Å². The highest BCUT2D eigenvalue weighted by Gasteiger charge is 2.28. The van der Waals surface area contributed by atoms with Crippen LogP contribution in [0.5, 0.6) is 0 Å². The Kier molecular flexibility index (Phi) is 9.14. The van der Waals surface area contributed by atoms with Crippen molar-refractivity contribution in [1.82, 2.24) is 10.2 Å². The quantitative estimate of drug-likeness (QED) is 0.767. The lowest BCUT2D eigenvalue weighted by Gasteiger charge is -2.17. The fourth-order valence-electron chi connectivity index (χ4n) is 2.38. The van der Waals surface area contributed by atoms with E-state index in [0.717, 1.165) is 31.5 Å². The summed E-state index contributed by atoms with van der Waals surface area (Å²) in [6.45, 7) is 4.00. The maximum atomic E-state index is 10.9. The van der Waals surface area contributed by atoms with Gasteiger partial charge in [-0.3, -0.25) is 9.69 Å². The second-order valence-corrected chi connectivity index (χ2v) is 5.23. The van der Waals surface area contributed by atoms with E-state index in [1.165, 1.54) is 0 Å². The number of carboxylic acids is 1. The van der Waals surface area contributed by atoms with Crippen LogP contribution < -0.4 is 5.32 Å². The van der Waals surface area contributed by atoms with E-state index in [1.807, 2.05) is 42.2 Å². The number of nitrogens with zero attached hydrogens (tertiary/aromatic N) is 1. The van der Waals surface area contributed by atoms with Crippen LogP contribution in [0, 0.1) is 0 Å². The predicted octanol–water partition coefficient (Wildman–Crippen LogP) is 1.67. The first-order valence-electron chi connectivity index (χ1n) is 7.93. The Balaban J connectivity index is 0.000000254. The molecule has 1 aromatic carbocycles. The summed E-state index contributed by atoms with van der Waals surface area (Å²) in [7, 11) is 0. The minimum atomic E-state index is -0.667. The van der Waals surface area contributed by atoms with Gasteiger partial charge in [0.1, 0.15) is 18.9 Å². The molecule has 2 N–H and O–H groups in total. The molecule has 0 radical (unpaired) electrons. The number of alkyl carbamates (subject to hydrolysis) is 1. The molecule has 7 nitrogen and oxygen atoms in total. The van der Waals surface area contributed by atoms with Crippen LogP contribution in [-0.4, -0.2) is 54.0 Å². The van der Waals surface area contributed by atoms with E-state index in [2.05, 4.69) is 5.32 Å². The summed E-state index contributed by atoms with van der Waals surface area (Å²) >= 11 is 0. The number of benzene rings is 1. The highest BCUT2D eigenvalue weighted by molar-refractivity contribution is 5.73. The van der Waals surface area contributed by atoms with Gasteiger partial charge < -0.3 is 20.0 Å². The number of nitrogens with one attached hydrogen (secondary N) is 1. The molecule has 0 bridgehead atoms. The molecule has 0 saturated carbocycles. The SMILES string of the molecule is CCN1CCC[C@H]1C(=O)O.O=CCNC(=O)OCc1ccccc1. The zero-order valence-electron chi connectivity index (χ0n) is 13.8. The van der Waals surface area contributed by atoms with Crippen molar-refractivity contribution in [3.8, 4) is 0 Å². The smallest absolute Gasteiger partial charge is 0.407 e. The molecule has 1 saturated heterocycles. The maximum Gasteiger partial charge on any atom is 0.407 e. The van der Waals surface area contributed by atoms with Crippen LogP contribution >= 0.6 is 0 Å². The Bertz CT molecular complexity index is 521. The normalized spacial score (nSPS) is 16.6. The number of rotatable bonds is 6. The molecule has 132 valence electrons. The predicted molar refractivity (Wildman–Crippen MR) is 88.6 cm³/mol. The van der Waals surface area contributed by atoms with E-state index in [1.54, 1.807) is 0 Å². The second kappa shape index (κ2) is 11.2. The van der Waals surface area contributed by atoms with Gasteiger partial charge in [-0.15, -0.1) is 0 Å². The van der Waals surface area contributed by atoms with Gasteiger partial charge in [-0.25, -0.2) is 4.79 Å². The number of carbonyl (C=O) groups excluding carboxylic acids is 2. The van der Waals surface area contributed by atoms with Crippen molar-refractivity contribution in [1.29, 1.82) is 0 Å². The highest BCUT2D eigenvalue weighted by Crippen LogP contribution is 2.15. The standard InChI is InChI=1S/C10H11NO3.C7H13NO2/c12-7-6-11-10(13)14-8-9-4-2-1-3-5-9;1-2-8-5-3-4-6(8)7(9)10/h1-5,7H,6,8H2,(H,11,13);6H,2-5H2,1H3,(H,9,10)/t;6-/m.0/s1. The van der Waals surface area contributed by atoms with E-state index in [4.69, 9.17) is 9.84 Å². The molecule has 24 heavy (non-hydrogen) atoms. The van der Waals surface area contributed by atoms with E-state index in [9.17, 15) is 14.4 Å². The van der Waals surface area contributed by atoms with Gasteiger partial charge in [0.15, 0.2) is 0 Å². The molecule has 1 amide bonds. The van der Waals surface area contributed by atoms with Gasteiger partial charge in [-0.1, -0.05) is 37.3 Å². The number of aliphatic carboxylic acids is 1. The average molecular weight is 336 g/mol. The third-order valence-electron chi connectivity index (χ3n) is 3.60. The van der Waals surface area contributed by atoms with Crippen LogP contribution in [0.25, 0.3) is 0 Å². The zero-order chi connectivity index (χ0) is 17.8. The van der Waals surface area contributed by atoms with Crippen molar-refractivity contribution in [3.63, 3.8) is 0 Å². The number of hydrogen-bond donors (Lipinski definition) is 2. The number of carbonyl (C=O) groups is 3. The van der Waals surface area contributed by atoms with Crippen molar-refractivity contribution in [2.24, 2.45) is 0 Å². The molecular weight excluding hydrogens is 312 g/mol. The third-order valence-corrected chi connectivity index (χ3v) is 3.60. The Labute approximate surface area is 141 Å². The molecule has 7 heteroatoms. The molecule has 1 aliphatic rings. The van der Waals surface area contributed by atoms with Crippen molar-refractivity contribution < 1.29 is 24.2 Å². The summed E-state index contributed by atoms with van der Waals surface area (Å²) in [6, 6.07) is 9.12. The summed E-state index contributed by atoms with van der Waals surface area (Å²) in [5.74, 6) is -0.667. The molecule has 1 fully saturated rings. The molecule has 1 heterocycles. The van der Waals surface area contributed by atoms with Crippen LogP contribution in [0.2, 0.25) is 0 Å². The monoisotopic (exact) mass is 336 g/mol. The first-order valence-corrected chi connectivity index (χ1v) is 7.93. The van der Waals surface area contributed by atoms with Gasteiger partial charge >= 0.3 is 12.1 Å². The fraction of sp³-hybridized carbons (Fsp3) is 0.471. The van der Waals surface area contributed by atoms with Crippen molar-refractivity contribution in [2.75, 3.05) is 19.6 Å². The Morgan fingerprint density at radius 1 is 1.38 bits per heavy atom. The minimum Gasteiger partial charge on any atom is -0.480 e. The van der Waals surface area contributed by atoms with E-state index in [-0.39, 0.29) is 19.2 Å². The second-order valence-electron chi connectivity index (χ2n) is 5.23. The lowest BCUT2D eigenvalue weighted by molar-refractivity contribution is -0.142. The molecule has 0 spiro atoms. The molecule has 0 aliphatic carbocycles. The lowest BCUT2D eigenvalue weighted by Crippen LogP contribution is -2.35. The average Bonchev–Trinajstić information content (AvgIpc) is 3.08. The van der Waals surface area contributed by atoms with Gasteiger partial charge in [-0.05, 0) is 31.5 Å². The Morgan fingerprint density at radius 3 is 2.62 bits per heavy atom. The highest BCUT2D eigenvalue weighted by atomic mass is 16.5. The van der Waals surface area contributed by atoms with Gasteiger partial charge in [0.2, 0.25) is 0 Å². The largest absolute Gasteiger partial charge is 0.480 e. The summed E-state index contributed by atoms with van der Waals surface area (Å²) in [5.41, 5.74) is 0.911. The molecule has 0 unspecified atom stereocenters. The molecule has 1 aliphatic heterocycles. The van der Waals surface area contributed by atoms with Crippen LogP contribution in [0.15, 0.2) is 30.3 Å². The number of amides is 1. The van der Waals surface area contributed by atoms with Crippen LogP contribution in [0.3, 0.4) is 0 Å². The topological polar surface area (TPSA) is 95.9 Å². The Morgan fingerprint density at radius 2 is 2.08 bits per heavy atom. The van der Waals surface area contributed by atoms with Gasteiger partial charge in [0.05, 0.1) is 6.54 Å². The molecule has 0 aromatic heterocycles. The maximum absolute atomic E-state index is 10.9. The zero-order valence-corrected chi connectivity index (χ0v) is 13.8. The van der Waals surface area contributed by atoms with Crippen molar-refractivity contribution in [2.45, 2.75) is 32.4 Å². The van der Waals surface area contributed by atoms with Crippen molar-refractivity contribution >= 4 is 18.3 Å². The first kappa shape index (κ1) is 19.6. The number of carboxylic acid groups (broad SMARTS) is 1. The first-order chi connectivity index (χ1) is 11.6. The van der Waals surface area contributed by atoms with E-state index >= 15 is 0 Å². The Hall–Kier alpha value is -2.41. The van der Waals surface area contributed by atoms with Gasteiger partial charge in [0, 0.05) is 0 Å². The van der Waals surface area contributed by atoms with Crippen LogP contribution in [0.4, 0.5) is 4.79 Å². The summed E-state index contributed by atoms with van der Waals surface area (Å²) in [6.07, 6.45) is 1.87. The van der Waals surface area contributed by atoms with E-state index in [0.29, 0.717) is 6.29 Å². The summed E-state index contributed by atoms with van der Waals surface area (Å²) in [4.78, 5) is 33.3. The summed E-state index contributed by atoms with van der Waals surface area (Å²) in [5, 5.41) is 10.9. The van der Waals surface area contributed by atoms with Gasteiger partial charge in [0.25, 0.3) is 0 Å². The number of hydrogen-bond acceptors (Lipinski definition) is 5. The lowest BCUT2D eigenvalue weighted by atomic mass is 10.2. The third kappa shape index (κ3) is 7.23. The number of aldehydes is 1. The molecule has 1 atom stereocenters. The number of likely N-dealkylation sites (N-methyl/N-ethyl adjacent to an activating group) is 1. The molecule has 2 rings (SSSR count). The number of ether oxygens (including phenoxy) is 1. The molecular formula is C17H24N2O5. The number of likely N-dealkylation sites (tertiary alicyclic amines) is 1. The van der Waals surface area contributed by atoms with Crippen molar-refractivity contribution in [3.05, 3.63) is 35.9 Å². The summed E-state index contributed by atoms with van der Waals surface area (Å²) < 4.78 is 4.82. The molecule has 1 aromatic rings. The van der Waals surface area contributed by atoms with E-state index < -0.39 is 12.1 Å². The minimum absolute atomic E-state index is 0.0202. The van der Waals surface area contributed by atoms with Gasteiger partial charge in [-0.2, -0.15) is 0 Å². The fourth-order valence-corrected chi connectivity index (χ4v) is 2.38.